The van der Waals surface area contributed by atoms with Crippen molar-refractivity contribution in [2.24, 2.45) is 0 Å². The number of aromatic amines is 1. The van der Waals surface area contributed by atoms with E-state index in [9.17, 15) is 4.79 Å². The fraction of sp³-hybridized carbons (Fsp3) is 0.200. The topological polar surface area (TPSA) is 53.9 Å². The highest BCUT2D eigenvalue weighted by Crippen LogP contribution is 2.19. The fourth-order valence-electron chi connectivity index (χ4n) is 3.09. The minimum Gasteiger partial charge on any atom is -0.341 e. The van der Waals surface area contributed by atoms with Crippen LogP contribution in [0.25, 0.3) is 10.9 Å². The molecule has 0 fully saturated rings. The minimum absolute atomic E-state index is 0.0732. The van der Waals surface area contributed by atoms with Crippen molar-refractivity contribution in [3.8, 4) is 0 Å². The molecule has 0 aliphatic rings. The molecule has 1 aromatic carbocycles. The lowest BCUT2D eigenvalue weighted by Crippen LogP contribution is -2.26. The molecule has 0 aliphatic heterocycles. The maximum absolute atomic E-state index is 12.6. The second-order valence-electron chi connectivity index (χ2n) is 6.45. The molecule has 3 aromatic heterocycles. The van der Waals surface area contributed by atoms with Crippen LogP contribution in [0.4, 0.5) is 0 Å². The van der Waals surface area contributed by atoms with Crippen molar-refractivity contribution in [3.63, 3.8) is 0 Å². The zero-order valence-electron chi connectivity index (χ0n) is 14.8. The molecule has 1 N–H and O–H groups in total. The third kappa shape index (κ3) is 3.28. The van der Waals surface area contributed by atoms with Gasteiger partial charge in [-0.25, -0.2) is 0 Å². The zero-order chi connectivity index (χ0) is 18.1. The average Bonchev–Trinajstić information content (AvgIpc) is 3.36. The van der Waals surface area contributed by atoms with Gasteiger partial charge in [0, 0.05) is 28.5 Å². The molecule has 0 saturated heterocycles. The highest BCUT2D eigenvalue weighted by atomic mass is 32.1. The molecule has 0 unspecified atom stereocenters. The van der Waals surface area contributed by atoms with Crippen molar-refractivity contribution in [2.45, 2.75) is 20.0 Å². The van der Waals surface area contributed by atoms with Gasteiger partial charge in [-0.2, -0.15) is 5.10 Å². The normalized spacial score (nSPS) is 11.2. The van der Waals surface area contributed by atoms with Crippen LogP contribution in [-0.2, 0) is 13.1 Å². The molecule has 132 valence electrons. The SMILES string of the molecule is Cc1ccc(CN(C)C(=O)c2cc(Cn3ccc4ccccc43)[nH]n2)s1. The number of hydrogen-bond donors (Lipinski definition) is 1. The Labute approximate surface area is 155 Å². The standard InChI is InChI=1S/C20H20N4OS/c1-14-7-8-17(26-14)13-23(2)20(25)18-11-16(21-22-18)12-24-10-9-15-5-3-4-6-19(15)24/h3-11H,12-13H2,1-2H3,(H,21,22). The number of aromatic nitrogens is 3. The van der Waals surface area contributed by atoms with Crippen molar-refractivity contribution in [3.05, 3.63) is 75.9 Å². The summed E-state index contributed by atoms with van der Waals surface area (Å²) in [6.07, 6.45) is 2.05. The van der Waals surface area contributed by atoms with Gasteiger partial charge in [-0.15, -0.1) is 11.3 Å². The van der Waals surface area contributed by atoms with E-state index < -0.39 is 0 Å². The number of amides is 1. The molecule has 0 radical (unpaired) electrons. The first-order valence-electron chi connectivity index (χ1n) is 8.49. The highest BCUT2D eigenvalue weighted by molar-refractivity contribution is 7.11. The second kappa shape index (κ2) is 6.80. The molecule has 6 heteroatoms. The van der Waals surface area contributed by atoms with E-state index in [1.165, 1.54) is 20.7 Å². The van der Waals surface area contributed by atoms with Gasteiger partial charge in [0.05, 0.1) is 18.8 Å². The van der Waals surface area contributed by atoms with E-state index in [2.05, 4.69) is 58.2 Å². The predicted molar refractivity (Wildman–Crippen MR) is 104 cm³/mol. The monoisotopic (exact) mass is 364 g/mol. The average molecular weight is 364 g/mol. The molecule has 4 aromatic rings. The van der Waals surface area contributed by atoms with Crippen molar-refractivity contribution in [1.82, 2.24) is 19.7 Å². The van der Waals surface area contributed by atoms with Crippen molar-refractivity contribution in [1.29, 1.82) is 0 Å². The van der Waals surface area contributed by atoms with Gasteiger partial charge in [0.15, 0.2) is 0 Å². The Kier molecular flexibility index (Phi) is 4.34. The number of nitrogens with zero attached hydrogens (tertiary/aromatic N) is 3. The number of hydrogen-bond acceptors (Lipinski definition) is 3. The van der Waals surface area contributed by atoms with E-state index in [0.717, 1.165) is 5.69 Å². The first-order valence-corrected chi connectivity index (χ1v) is 9.31. The van der Waals surface area contributed by atoms with E-state index in [0.29, 0.717) is 18.8 Å². The molecular formula is C20H20N4OS. The summed E-state index contributed by atoms with van der Waals surface area (Å²) in [6, 6.07) is 16.3. The maximum atomic E-state index is 12.6. The minimum atomic E-state index is -0.0732. The van der Waals surface area contributed by atoms with Gasteiger partial charge in [-0.05, 0) is 42.6 Å². The van der Waals surface area contributed by atoms with Crippen molar-refractivity contribution in [2.75, 3.05) is 7.05 Å². The highest BCUT2D eigenvalue weighted by Gasteiger charge is 2.16. The number of H-pyrrole nitrogens is 1. The Morgan fingerprint density at radius 2 is 2.08 bits per heavy atom. The largest absolute Gasteiger partial charge is 0.341 e. The summed E-state index contributed by atoms with van der Waals surface area (Å²) >= 11 is 1.71. The predicted octanol–water partition coefficient (Wildman–Crippen LogP) is 4.05. The van der Waals surface area contributed by atoms with Crippen LogP contribution in [0.3, 0.4) is 0 Å². The lowest BCUT2D eigenvalue weighted by Gasteiger charge is -2.14. The Balaban J connectivity index is 1.47. The Bertz CT molecular complexity index is 1060. The molecule has 3 heterocycles. The number of aryl methyl sites for hydroxylation is 1. The maximum Gasteiger partial charge on any atom is 0.274 e. The summed E-state index contributed by atoms with van der Waals surface area (Å²) in [5.74, 6) is -0.0732. The van der Waals surface area contributed by atoms with Crippen LogP contribution in [0.15, 0.2) is 54.7 Å². The summed E-state index contributed by atoms with van der Waals surface area (Å²) in [5, 5.41) is 8.42. The van der Waals surface area contributed by atoms with Crippen LogP contribution >= 0.6 is 11.3 Å². The van der Waals surface area contributed by atoms with Gasteiger partial charge in [-0.3, -0.25) is 9.89 Å². The summed E-state index contributed by atoms with van der Waals surface area (Å²) in [5.41, 5.74) is 2.53. The molecule has 1 amide bonds. The molecule has 0 bridgehead atoms. The van der Waals surface area contributed by atoms with Gasteiger partial charge in [0.2, 0.25) is 0 Å². The van der Waals surface area contributed by atoms with Crippen LogP contribution in [0, 0.1) is 6.92 Å². The number of benzene rings is 1. The first-order chi connectivity index (χ1) is 12.6. The molecule has 0 aliphatic carbocycles. The quantitative estimate of drug-likeness (QED) is 0.581. The molecule has 0 saturated carbocycles. The third-order valence-corrected chi connectivity index (χ3v) is 5.39. The van der Waals surface area contributed by atoms with Crippen LogP contribution in [0.2, 0.25) is 0 Å². The summed E-state index contributed by atoms with van der Waals surface area (Å²) in [7, 11) is 1.81. The molecule has 5 nitrogen and oxygen atoms in total. The van der Waals surface area contributed by atoms with Crippen LogP contribution in [0.5, 0.6) is 0 Å². The van der Waals surface area contributed by atoms with Gasteiger partial charge in [0.25, 0.3) is 5.91 Å². The fourth-order valence-corrected chi connectivity index (χ4v) is 4.03. The summed E-state index contributed by atoms with van der Waals surface area (Å²) in [4.78, 5) is 16.8. The Morgan fingerprint density at radius 1 is 1.23 bits per heavy atom. The molecule has 26 heavy (non-hydrogen) atoms. The molecule has 0 atom stereocenters. The lowest BCUT2D eigenvalue weighted by molar-refractivity contribution is 0.0780. The number of fused-ring (bicyclic) bond motifs is 1. The number of carbonyl (C=O) groups excluding carboxylic acids is 1. The number of nitrogens with one attached hydrogen (secondary N) is 1. The van der Waals surface area contributed by atoms with E-state index >= 15 is 0 Å². The number of rotatable bonds is 5. The van der Waals surface area contributed by atoms with Crippen molar-refractivity contribution < 1.29 is 4.79 Å². The van der Waals surface area contributed by atoms with Crippen LogP contribution < -0.4 is 0 Å². The van der Waals surface area contributed by atoms with Crippen molar-refractivity contribution >= 4 is 28.1 Å². The van der Waals surface area contributed by atoms with Gasteiger partial charge in [-0.1, -0.05) is 18.2 Å². The van der Waals surface area contributed by atoms with Gasteiger partial charge >= 0.3 is 0 Å². The number of thiophene rings is 1. The van der Waals surface area contributed by atoms with Crippen LogP contribution in [-0.4, -0.2) is 32.6 Å². The van der Waals surface area contributed by atoms with Crippen LogP contribution in [0.1, 0.15) is 25.9 Å². The van der Waals surface area contributed by atoms with Gasteiger partial charge in [0.1, 0.15) is 5.69 Å². The number of carbonyl (C=O) groups is 1. The summed E-state index contributed by atoms with van der Waals surface area (Å²) < 4.78 is 2.15. The molecule has 4 rings (SSSR count). The Hall–Kier alpha value is -2.86. The van der Waals surface area contributed by atoms with E-state index in [1.54, 1.807) is 16.2 Å². The van der Waals surface area contributed by atoms with E-state index in [4.69, 9.17) is 0 Å². The summed E-state index contributed by atoms with van der Waals surface area (Å²) in [6.45, 7) is 3.32. The van der Waals surface area contributed by atoms with E-state index in [-0.39, 0.29) is 5.91 Å². The van der Waals surface area contributed by atoms with Gasteiger partial charge < -0.3 is 9.47 Å². The third-order valence-electron chi connectivity index (χ3n) is 4.41. The zero-order valence-corrected chi connectivity index (χ0v) is 15.6. The molecular weight excluding hydrogens is 344 g/mol. The number of para-hydroxylation sites is 1. The lowest BCUT2D eigenvalue weighted by atomic mass is 10.2. The Morgan fingerprint density at radius 3 is 2.88 bits per heavy atom. The second-order valence-corrected chi connectivity index (χ2v) is 7.83. The smallest absolute Gasteiger partial charge is 0.274 e. The van der Waals surface area contributed by atoms with E-state index in [1.807, 2.05) is 25.2 Å². The molecule has 0 spiro atoms. The first kappa shape index (κ1) is 16.6.